The molecule has 0 N–H and O–H groups in total. The Morgan fingerprint density at radius 1 is 0.688 bits per heavy atom. The molecule has 0 aromatic heterocycles. The van der Waals surface area contributed by atoms with Gasteiger partial charge in [0, 0.05) is 11.1 Å². The van der Waals surface area contributed by atoms with Gasteiger partial charge in [-0.25, -0.2) is 0 Å². The van der Waals surface area contributed by atoms with Crippen LogP contribution in [-0.4, -0.2) is 5.78 Å². The fourth-order valence-electron chi connectivity index (χ4n) is 3.55. The van der Waals surface area contributed by atoms with E-state index in [1.807, 2.05) is 97.9 Å². The Balaban J connectivity index is 1.75. The van der Waals surface area contributed by atoms with Gasteiger partial charge in [-0.3, -0.25) is 4.79 Å². The van der Waals surface area contributed by atoms with Crippen molar-refractivity contribution in [3.8, 4) is 22.6 Å². The standard InChI is InChI=1S/C28H25O3P/c1-20-17-18-27(21(2)19-20)30-32(23-11-5-4-6-12-23)31-28-16-10-9-15-26(28)25-14-8-7-13-24(25)22(3)29/h4-19H,1-3H3. The maximum Gasteiger partial charge on any atom is 0.326 e. The summed E-state index contributed by atoms with van der Waals surface area (Å²) in [6, 6.07) is 31.5. The molecule has 3 nitrogen and oxygen atoms in total. The van der Waals surface area contributed by atoms with E-state index in [2.05, 4.69) is 13.0 Å². The van der Waals surface area contributed by atoms with Gasteiger partial charge in [-0.05, 0) is 56.2 Å². The molecular weight excluding hydrogens is 415 g/mol. The van der Waals surface area contributed by atoms with Crippen LogP contribution in [0.4, 0.5) is 0 Å². The summed E-state index contributed by atoms with van der Waals surface area (Å²) in [6.45, 7) is 5.69. The van der Waals surface area contributed by atoms with Crippen LogP contribution < -0.4 is 14.4 Å². The van der Waals surface area contributed by atoms with Gasteiger partial charge < -0.3 is 9.05 Å². The predicted molar refractivity (Wildman–Crippen MR) is 132 cm³/mol. The Hall–Kier alpha value is -3.42. The van der Waals surface area contributed by atoms with Gasteiger partial charge in [0.1, 0.15) is 11.5 Å². The topological polar surface area (TPSA) is 35.5 Å². The highest BCUT2D eigenvalue weighted by atomic mass is 31.2. The number of carbonyl (C=O) groups excluding carboxylic acids is 1. The first-order valence-corrected chi connectivity index (χ1v) is 11.7. The Morgan fingerprint density at radius 3 is 2.03 bits per heavy atom. The third kappa shape index (κ3) is 4.90. The number of benzene rings is 4. The van der Waals surface area contributed by atoms with Crippen molar-refractivity contribution in [1.82, 2.24) is 0 Å². The zero-order chi connectivity index (χ0) is 22.5. The molecule has 4 heteroatoms. The summed E-state index contributed by atoms with van der Waals surface area (Å²) in [5.74, 6) is 1.50. The van der Waals surface area contributed by atoms with Gasteiger partial charge in [0.15, 0.2) is 5.78 Å². The zero-order valence-electron chi connectivity index (χ0n) is 18.4. The SMILES string of the molecule is CC(=O)c1ccccc1-c1ccccc1OP(Oc1ccc(C)cc1C)c1ccccc1. The normalized spacial score (nSPS) is 11.6. The highest BCUT2D eigenvalue weighted by molar-refractivity contribution is 7.56. The highest BCUT2D eigenvalue weighted by Gasteiger charge is 2.22. The van der Waals surface area contributed by atoms with Crippen LogP contribution in [0, 0.1) is 13.8 Å². The van der Waals surface area contributed by atoms with E-state index in [0.717, 1.165) is 27.7 Å². The van der Waals surface area contributed by atoms with E-state index in [1.165, 1.54) is 5.56 Å². The molecule has 0 bridgehead atoms. The third-order valence-corrected chi connectivity index (χ3v) is 6.59. The maximum absolute atomic E-state index is 12.2. The minimum atomic E-state index is -1.45. The van der Waals surface area contributed by atoms with Crippen LogP contribution in [0.5, 0.6) is 11.5 Å². The predicted octanol–water partition coefficient (Wildman–Crippen LogP) is 7.27. The molecule has 0 spiro atoms. The summed E-state index contributed by atoms with van der Waals surface area (Å²) in [7, 11) is -1.45. The van der Waals surface area contributed by atoms with Crippen molar-refractivity contribution in [3.05, 3.63) is 114 Å². The molecule has 0 fully saturated rings. The summed E-state index contributed by atoms with van der Waals surface area (Å²) >= 11 is 0. The van der Waals surface area contributed by atoms with Crippen LogP contribution in [-0.2, 0) is 0 Å². The van der Waals surface area contributed by atoms with E-state index < -0.39 is 8.38 Å². The lowest BCUT2D eigenvalue weighted by molar-refractivity contribution is 0.101. The molecule has 4 aromatic rings. The van der Waals surface area contributed by atoms with Crippen LogP contribution >= 0.6 is 8.38 Å². The molecule has 0 saturated carbocycles. The maximum atomic E-state index is 12.2. The van der Waals surface area contributed by atoms with Gasteiger partial charge in [0.2, 0.25) is 0 Å². The molecular formula is C28H25O3P. The number of aryl methyl sites for hydroxylation is 2. The van der Waals surface area contributed by atoms with Crippen LogP contribution in [0.3, 0.4) is 0 Å². The monoisotopic (exact) mass is 440 g/mol. The lowest BCUT2D eigenvalue weighted by Crippen LogP contribution is -2.10. The van der Waals surface area contributed by atoms with E-state index in [0.29, 0.717) is 11.3 Å². The van der Waals surface area contributed by atoms with Gasteiger partial charge >= 0.3 is 8.38 Å². The van der Waals surface area contributed by atoms with Crippen molar-refractivity contribution < 1.29 is 13.8 Å². The second-order valence-corrected chi connectivity index (χ2v) is 9.04. The van der Waals surface area contributed by atoms with Crippen LogP contribution in [0.15, 0.2) is 97.1 Å². The second-order valence-electron chi connectivity index (χ2n) is 7.64. The van der Waals surface area contributed by atoms with Crippen LogP contribution in [0.2, 0.25) is 0 Å². The van der Waals surface area contributed by atoms with Crippen molar-refractivity contribution in [3.63, 3.8) is 0 Å². The molecule has 160 valence electrons. The van der Waals surface area contributed by atoms with Crippen molar-refractivity contribution in [2.75, 3.05) is 0 Å². The first-order valence-electron chi connectivity index (χ1n) is 10.5. The number of para-hydroxylation sites is 1. The van der Waals surface area contributed by atoms with Crippen molar-refractivity contribution in [1.29, 1.82) is 0 Å². The zero-order valence-corrected chi connectivity index (χ0v) is 19.3. The number of carbonyl (C=O) groups is 1. The number of hydrogen-bond donors (Lipinski definition) is 0. The fraction of sp³-hybridized carbons (Fsp3) is 0.107. The summed E-state index contributed by atoms with van der Waals surface area (Å²) in [5.41, 5.74) is 4.64. The Kier molecular flexibility index (Phi) is 6.68. The second kappa shape index (κ2) is 9.80. The molecule has 0 aliphatic heterocycles. The molecule has 1 atom stereocenters. The summed E-state index contributed by atoms with van der Waals surface area (Å²) in [5, 5.41) is 0.970. The van der Waals surface area contributed by atoms with Crippen LogP contribution in [0.1, 0.15) is 28.4 Å². The summed E-state index contributed by atoms with van der Waals surface area (Å²) in [4.78, 5) is 12.2. The number of rotatable bonds is 7. The average molecular weight is 440 g/mol. The minimum absolute atomic E-state index is 0.0206. The molecule has 0 saturated heterocycles. The lowest BCUT2D eigenvalue weighted by atomic mass is 9.97. The smallest absolute Gasteiger partial charge is 0.326 e. The number of hydrogen-bond acceptors (Lipinski definition) is 3. The Morgan fingerprint density at radius 2 is 1.31 bits per heavy atom. The van der Waals surface area contributed by atoms with Gasteiger partial charge in [0.25, 0.3) is 0 Å². The molecule has 0 aliphatic carbocycles. The van der Waals surface area contributed by atoms with E-state index in [4.69, 9.17) is 9.05 Å². The fourth-order valence-corrected chi connectivity index (χ4v) is 4.93. The summed E-state index contributed by atoms with van der Waals surface area (Å²) < 4.78 is 13.0. The van der Waals surface area contributed by atoms with Gasteiger partial charge in [-0.2, -0.15) is 0 Å². The van der Waals surface area contributed by atoms with Gasteiger partial charge in [-0.15, -0.1) is 0 Å². The molecule has 4 rings (SSSR count). The third-order valence-electron chi connectivity index (χ3n) is 5.14. The van der Waals surface area contributed by atoms with Gasteiger partial charge in [-0.1, -0.05) is 78.4 Å². The molecule has 0 aliphatic rings. The van der Waals surface area contributed by atoms with Crippen molar-refractivity contribution >= 4 is 19.5 Å². The minimum Gasteiger partial charge on any atom is -0.435 e. The van der Waals surface area contributed by atoms with Gasteiger partial charge in [0.05, 0.1) is 5.30 Å². The molecule has 4 aromatic carbocycles. The molecule has 0 amide bonds. The molecule has 32 heavy (non-hydrogen) atoms. The first-order chi connectivity index (χ1) is 15.5. The van der Waals surface area contributed by atoms with E-state index in [9.17, 15) is 4.79 Å². The largest absolute Gasteiger partial charge is 0.435 e. The molecule has 0 radical (unpaired) electrons. The quantitative estimate of drug-likeness (QED) is 0.224. The average Bonchev–Trinajstić information content (AvgIpc) is 2.81. The Bertz CT molecular complexity index is 1230. The van der Waals surface area contributed by atoms with Crippen molar-refractivity contribution in [2.45, 2.75) is 20.8 Å². The van der Waals surface area contributed by atoms with E-state index in [-0.39, 0.29) is 5.78 Å². The van der Waals surface area contributed by atoms with Crippen LogP contribution in [0.25, 0.3) is 11.1 Å². The number of Topliss-reactive ketones (excluding diaryl/α,β-unsaturated/α-hetero) is 1. The highest BCUT2D eigenvalue weighted by Crippen LogP contribution is 2.44. The summed E-state index contributed by atoms with van der Waals surface area (Å²) in [6.07, 6.45) is 0. The van der Waals surface area contributed by atoms with E-state index in [1.54, 1.807) is 6.92 Å². The molecule has 1 unspecified atom stereocenters. The number of ketones is 1. The van der Waals surface area contributed by atoms with E-state index >= 15 is 0 Å². The first kappa shape index (κ1) is 21.8. The molecule has 0 heterocycles. The van der Waals surface area contributed by atoms with Crippen molar-refractivity contribution in [2.24, 2.45) is 0 Å². The Labute approximate surface area is 190 Å². The lowest BCUT2D eigenvalue weighted by Gasteiger charge is -2.22.